The first-order valence-corrected chi connectivity index (χ1v) is 14.6. The highest BCUT2D eigenvalue weighted by molar-refractivity contribution is 8.77. The lowest BCUT2D eigenvalue weighted by molar-refractivity contribution is -0.138. The number of carbonyl (C=O) groups is 4. The van der Waals surface area contributed by atoms with Crippen molar-refractivity contribution in [1.29, 1.82) is 0 Å². The van der Waals surface area contributed by atoms with Crippen LogP contribution in [-0.2, 0) is 23.9 Å². The van der Waals surface area contributed by atoms with Crippen molar-refractivity contribution in [3.05, 3.63) is 0 Å². The van der Waals surface area contributed by atoms with Crippen molar-refractivity contribution in [2.24, 2.45) is 11.8 Å². The van der Waals surface area contributed by atoms with Crippen molar-refractivity contribution in [2.45, 2.75) is 102 Å². The number of rotatable bonds is 18. The molecule has 9 heteroatoms. The first kappa shape index (κ1) is 28.2. The van der Waals surface area contributed by atoms with E-state index in [-0.39, 0.29) is 24.0 Å². The van der Waals surface area contributed by atoms with Gasteiger partial charge in [0.05, 0.1) is 0 Å². The van der Waals surface area contributed by atoms with E-state index in [1.165, 1.54) is 18.6 Å². The molecule has 1 amide bonds. The fourth-order valence-electron chi connectivity index (χ4n) is 4.12. The van der Waals surface area contributed by atoms with E-state index >= 15 is 0 Å². The number of ether oxygens (including phenoxy) is 1. The number of aliphatic carboxylic acids is 1. The van der Waals surface area contributed by atoms with E-state index in [0.717, 1.165) is 37.4 Å². The van der Waals surface area contributed by atoms with Crippen LogP contribution >= 0.6 is 21.6 Å². The van der Waals surface area contributed by atoms with Crippen LogP contribution in [0.5, 0.6) is 0 Å². The molecule has 2 heterocycles. The lowest BCUT2D eigenvalue weighted by Gasteiger charge is -2.18. The van der Waals surface area contributed by atoms with Gasteiger partial charge in [-0.25, -0.2) is 4.79 Å². The number of unbranched alkanes of at least 4 members (excludes halogenated alkanes) is 3. The number of amides is 1. The van der Waals surface area contributed by atoms with Crippen molar-refractivity contribution in [2.75, 3.05) is 12.3 Å². The summed E-state index contributed by atoms with van der Waals surface area (Å²) in [5.41, 5.74) is 0. The number of nitrogens with one attached hydrogen (secondary N) is 1. The quantitative estimate of drug-likeness (QED) is 0.161. The molecule has 0 spiro atoms. The number of carbonyl (C=O) groups excluding carboxylic acids is 3. The molecule has 0 radical (unpaired) electrons. The van der Waals surface area contributed by atoms with Gasteiger partial charge >= 0.3 is 5.97 Å². The highest BCUT2D eigenvalue weighted by Crippen LogP contribution is 2.39. The van der Waals surface area contributed by atoms with Gasteiger partial charge in [0.2, 0.25) is 5.91 Å². The number of carboxylic acids is 1. The average molecular weight is 502 g/mol. The van der Waals surface area contributed by atoms with Crippen LogP contribution in [0.2, 0.25) is 0 Å². The molecule has 0 bridgehead atoms. The summed E-state index contributed by atoms with van der Waals surface area (Å²) >= 11 is 0. The number of carboxylic acid groups (broad SMARTS) is 1. The molecular formula is C24H39NO6S2. The lowest BCUT2D eigenvalue weighted by atomic mass is 9.90. The van der Waals surface area contributed by atoms with E-state index in [4.69, 9.17) is 9.84 Å². The Morgan fingerprint density at radius 2 is 1.76 bits per heavy atom. The highest BCUT2D eigenvalue weighted by Gasteiger charge is 2.50. The van der Waals surface area contributed by atoms with Gasteiger partial charge in [0, 0.05) is 42.7 Å². The zero-order valence-electron chi connectivity index (χ0n) is 19.9. The molecule has 0 aliphatic carbocycles. The molecule has 2 rings (SSSR count). The van der Waals surface area contributed by atoms with Gasteiger partial charge in [-0.2, -0.15) is 0 Å². The Kier molecular flexibility index (Phi) is 12.8. The zero-order valence-corrected chi connectivity index (χ0v) is 21.5. The summed E-state index contributed by atoms with van der Waals surface area (Å²) in [5, 5.41) is 12.6. The average Bonchev–Trinajstić information content (AvgIpc) is 3.41. The number of hydrogen-bond donors (Lipinski definition) is 2. The number of Topliss-reactive ketones (excluding diaryl/α,β-unsaturated/α-hetero) is 2. The smallest absolute Gasteiger partial charge is 0.336 e. The largest absolute Gasteiger partial charge is 0.479 e. The zero-order chi connectivity index (χ0) is 24.2. The second-order valence-corrected chi connectivity index (χ2v) is 12.3. The van der Waals surface area contributed by atoms with E-state index in [1.807, 2.05) is 35.4 Å². The van der Waals surface area contributed by atoms with Gasteiger partial charge in [0.1, 0.15) is 5.78 Å². The molecule has 4 atom stereocenters. The summed E-state index contributed by atoms with van der Waals surface area (Å²) in [4.78, 5) is 47.8. The maximum Gasteiger partial charge on any atom is 0.336 e. The lowest BCUT2D eigenvalue weighted by Crippen LogP contribution is -2.34. The monoisotopic (exact) mass is 501 g/mol. The second-order valence-electron chi connectivity index (χ2n) is 9.53. The Balaban J connectivity index is 1.53. The molecule has 0 aromatic heterocycles. The Bertz CT molecular complexity index is 665. The molecule has 0 saturated carbocycles. The highest BCUT2D eigenvalue weighted by atomic mass is 33.1. The summed E-state index contributed by atoms with van der Waals surface area (Å²) in [6.45, 7) is 4.50. The number of hydrogen-bond acceptors (Lipinski definition) is 7. The summed E-state index contributed by atoms with van der Waals surface area (Å²) < 4.78 is 4.91. The van der Waals surface area contributed by atoms with Gasteiger partial charge < -0.3 is 15.2 Å². The molecule has 0 aromatic carbocycles. The van der Waals surface area contributed by atoms with Crippen molar-refractivity contribution in [3.8, 4) is 0 Å². The minimum absolute atomic E-state index is 0.00519. The van der Waals surface area contributed by atoms with Gasteiger partial charge in [-0.3, -0.25) is 14.4 Å². The minimum atomic E-state index is -1.14. The van der Waals surface area contributed by atoms with E-state index in [2.05, 4.69) is 5.32 Å². The van der Waals surface area contributed by atoms with Gasteiger partial charge in [-0.1, -0.05) is 48.3 Å². The molecular weight excluding hydrogens is 462 g/mol. The molecule has 0 aromatic rings. The predicted octanol–water partition coefficient (Wildman–Crippen LogP) is 4.42. The fourth-order valence-corrected chi connectivity index (χ4v) is 7.15. The number of ketones is 2. The van der Waals surface area contributed by atoms with E-state index in [1.54, 1.807) is 0 Å². The van der Waals surface area contributed by atoms with E-state index in [9.17, 15) is 19.2 Å². The standard InChI is InChI=1S/C24H39NO6S2/c1-16(2)14-17(15-20(27)21-22(31-21)24(29)30)23(28)25-12-7-3-4-8-18(26)9-5-6-10-19-11-13-32-33-19/h16-17,19,21-22H,3-15H2,1-2H3,(H,25,28)(H,29,30)/t17-,19?,21?,22+/m1/s1. The van der Waals surface area contributed by atoms with Crippen molar-refractivity contribution < 1.29 is 29.0 Å². The molecule has 2 N–H and O–H groups in total. The first-order chi connectivity index (χ1) is 15.8. The molecule has 33 heavy (non-hydrogen) atoms. The third-order valence-electron chi connectivity index (χ3n) is 6.02. The summed E-state index contributed by atoms with van der Waals surface area (Å²) in [5.74, 6) is -0.260. The van der Waals surface area contributed by atoms with E-state index in [0.29, 0.717) is 31.6 Å². The van der Waals surface area contributed by atoms with Crippen molar-refractivity contribution in [3.63, 3.8) is 0 Å². The Morgan fingerprint density at radius 3 is 2.36 bits per heavy atom. The topological polar surface area (TPSA) is 113 Å². The van der Waals surface area contributed by atoms with Crippen molar-refractivity contribution >= 4 is 45.0 Å². The van der Waals surface area contributed by atoms with Crippen LogP contribution in [0.15, 0.2) is 0 Å². The van der Waals surface area contributed by atoms with Gasteiger partial charge in [-0.15, -0.1) is 0 Å². The van der Waals surface area contributed by atoms with Crippen LogP contribution in [0.25, 0.3) is 0 Å². The number of epoxide rings is 1. The molecule has 188 valence electrons. The first-order valence-electron chi connectivity index (χ1n) is 12.3. The summed E-state index contributed by atoms with van der Waals surface area (Å²) in [7, 11) is 3.96. The molecule has 2 aliphatic rings. The van der Waals surface area contributed by atoms with Gasteiger partial charge in [0.15, 0.2) is 18.0 Å². The van der Waals surface area contributed by atoms with Crippen LogP contribution in [-0.4, -0.2) is 58.3 Å². The van der Waals surface area contributed by atoms with Crippen LogP contribution < -0.4 is 5.32 Å². The Morgan fingerprint density at radius 1 is 1.03 bits per heavy atom. The molecule has 2 fully saturated rings. The van der Waals surface area contributed by atoms with Crippen LogP contribution in [0, 0.1) is 11.8 Å². The summed E-state index contributed by atoms with van der Waals surface area (Å²) in [6.07, 6.45) is 7.06. The van der Waals surface area contributed by atoms with Gasteiger partial charge in [-0.05, 0) is 44.4 Å². The fraction of sp³-hybridized carbons (Fsp3) is 0.833. The van der Waals surface area contributed by atoms with Crippen LogP contribution in [0.3, 0.4) is 0 Å². The predicted molar refractivity (Wildman–Crippen MR) is 132 cm³/mol. The van der Waals surface area contributed by atoms with Crippen LogP contribution in [0.1, 0.15) is 84.5 Å². The normalized spacial score (nSPS) is 22.8. The van der Waals surface area contributed by atoms with E-state index < -0.39 is 24.1 Å². The van der Waals surface area contributed by atoms with Crippen molar-refractivity contribution in [1.82, 2.24) is 5.32 Å². The molecule has 2 saturated heterocycles. The maximum absolute atomic E-state index is 12.6. The molecule has 2 unspecified atom stereocenters. The second kappa shape index (κ2) is 15.0. The maximum atomic E-state index is 12.6. The molecule has 2 aliphatic heterocycles. The third-order valence-corrected chi connectivity index (χ3v) is 9.02. The minimum Gasteiger partial charge on any atom is -0.479 e. The SMILES string of the molecule is CC(C)C[C@H](CC(=O)C1O[C@@H]1C(=O)O)C(=O)NCCCCCC(=O)CCCCC1CCSS1. The summed E-state index contributed by atoms with van der Waals surface area (Å²) in [6, 6.07) is 0. The Labute approximate surface area is 205 Å². The third kappa shape index (κ3) is 11.3. The Hall–Kier alpha value is -1.06. The van der Waals surface area contributed by atoms with Crippen LogP contribution in [0.4, 0.5) is 0 Å². The van der Waals surface area contributed by atoms with Gasteiger partial charge in [0.25, 0.3) is 0 Å². The molecule has 7 nitrogen and oxygen atoms in total.